The minimum absolute atomic E-state index is 0.361. The molecule has 0 spiro atoms. The first kappa shape index (κ1) is 23.2. The van der Waals surface area contributed by atoms with Gasteiger partial charge in [0.2, 0.25) is 0 Å². The molecule has 0 bridgehead atoms. The average molecular weight is 484 g/mol. The van der Waals surface area contributed by atoms with Gasteiger partial charge >= 0.3 is 5.97 Å². The predicted molar refractivity (Wildman–Crippen MR) is 136 cm³/mol. The van der Waals surface area contributed by atoms with Crippen LogP contribution in [-0.2, 0) is 16.1 Å². The van der Waals surface area contributed by atoms with Crippen LogP contribution in [0, 0.1) is 13.8 Å². The fraction of sp³-hybridized carbons (Fsp3) is 0.179. The topological polar surface area (TPSA) is 95.6 Å². The van der Waals surface area contributed by atoms with Gasteiger partial charge in [0, 0.05) is 16.8 Å². The maximum atomic E-state index is 12.8. The fourth-order valence-corrected chi connectivity index (χ4v) is 4.31. The smallest absolute Gasteiger partial charge is 0.342 e. The van der Waals surface area contributed by atoms with Crippen molar-refractivity contribution in [2.45, 2.75) is 20.4 Å². The first-order chi connectivity index (χ1) is 17.4. The Morgan fingerprint density at radius 3 is 2.50 bits per heavy atom. The number of para-hydroxylation sites is 1. The third-order valence-corrected chi connectivity index (χ3v) is 6.07. The zero-order valence-corrected chi connectivity index (χ0v) is 20.2. The van der Waals surface area contributed by atoms with E-state index < -0.39 is 18.5 Å². The highest BCUT2D eigenvalue weighted by molar-refractivity contribution is 6.08. The number of anilines is 1. The maximum absolute atomic E-state index is 12.8. The number of nitrogens with one attached hydrogen (secondary N) is 1. The van der Waals surface area contributed by atoms with Crippen LogP contribution in [0.1, 0.15) is 27.3 Å². The minimum Gasteiger partial charge on any atom is -0.495 e. The molecule has 0 unspecified atom stereocenters. The molecular formula is C28H25N3O5. The molecule has 2 aromatic heterocycles. The standard InChI is InChI=1S/C28H25N3O5/c1-17-27(18(2)31(30-17)15-19-9-5-4-6-10-19)28(33)35-16-26(32)29-22-14-24-21(13-25(22)34-3)20-11-7-8-12-23(20)36-24/h4-14H,15-16H2,1-3H3,(H,29,32). The van der Waals surface area contributed by atoms with Crippen molar-refractivity contribution in [3.63, 3.8) is 0 Å². The van der Waals surface area contributed by atoms with E-state index in [1.165, 1.54) is 7.11 Å². The second-order valence-electron chi connectivity index (χ2n) is 8.46. The second kappa shape index (κ2) is 9.58. The summed E-state index contributed by atoms with van der Waals surface area (Å²) < 4.78 is 18.5. The SMILES string of the molecule is COc1cc2c(cc1NC(=O)COC(=O)c1c(C)nn(Cc3ccccc3)c1C)oc1ccccc12. The number of furan rings is 1. The van der Waals surface area contributed by atoms with Crippen LogP contribution in [0.3, 0.4) is 0 Å². The Balaban J connectivity index is 1.28. The number of methoxy groups -OCH3 is 1. The molecule has 3 aromatic carbocycles. The molecule has 5 rings (SSSR count). The zero-order valence-electron chi connectivity index (χ0n) is 20.2. The molecule has 0 aliphatic heterocycles. The molecule has 1 amide bonds. The van der Waals surface area contributed by atoms with Crippen LogP contribution in [-0.4, -0.2) is 35.4 Å². The summed E-state index contributed by atoms with van der Waals surface area (Å²) in [7, 11) is 1.53. The van der Waals surface area contributed by atoms with E-state index in [2.05, 4.69) is 10.4 Å². The van der Waals surface area contributed by atoms with E-state index in [9.17, 15) is 9.59 Å². The molecule has 0 fully saturated rings. The predicted octanol–water partition coefficient (Wildman–Crippen LogP) is 5.25. The number of nitrogens with zero attached hydrogens (tertiary/aromatic N) is 2. The summed E-state index contributed by atoms with van der Waals surface area (Å²) in [6.45, 7) is 3.64. The Morgan fingerprint density at radius 2 is 1.72 bits per heavy atom. The summed E-state index contributed by atoms with van der Waals surface area (Å²) in [6, 6.07) is 21.0. The van der Waals surface area contributed by atoms with Gasteiger partial charge < -0.3 is 19.2 Å². The van der Waals surface area contributed by atoms with E-state index in [4.69, 9.17) is 13.9 Å². The van der Waals surface area contributed by atoms with Crippen LogP contribution in [0.25, 0.3) is 21.9 Å². The summed E-state index contributed by atoms with van der Waals surface area (Å²) in [5.41, 5.74) is 4.43. The van der Waals surface area contributed by atoms with E-state index in [1.807, 2.05) is 67.6 Å². The average Bonchev–Trinajstić information content (AvgIpc) is 3.38. The van der Waals surface area contributed by atoms with E-state index >= 15 is 0 Å². The first-order valence-electron chi connectivity index (χ1n) is 11.5. The summed E-state index contributed by atoms with van der Waals surface area (Å²) >= 11 is 0. The number of hydrogen-bond acceptors (Lipinski definition) is 6. The van der Waals surface area contributed by atoms with Gasteiger partial charge in [0.15, 0.2) is 6.61 Å². The van der Waals surface area contributed by atoms with Gasteiger partial charge in [-0.05, 0) is 31.5 Å². The molecule has 8 nitrogen and oxygen atoms in total. The largest absolute Gasteiger partial charge is 0.495 e. The minimum atomic E-state index is -0.598. The number of fused-ring (bicyclic) bond motifs is 3. The Labute approximate surface area is 207 Å². The normalized spacial score (nSPS) is 11.1. The van der Waals surface area contributed by atoms with E-state index in [0.29, 0.717) is 40.5 Å². The third-order valence-electron chi connectivity index (χ3n) is 6.07. The summed E-state index contributed by atoms with van der Waals surface area (Å²) in [5.74, 6) is -0.620. The molecule has 8 heteroatoms. The van der Waals surface area contributed by atoms with Crippen LogP contribution in [0.15, 0.2) is 71.1 Å². The maximum Gasteiger partial charge on any atom is 0.342 e. The number of hydrogen-bond donors (Lipinski definition) is 1. The Morgan fingerprint density at radius 1 is 0.972 bits per heavy atom. The molecule has 5 aromatic rings. The molecule has 182 valence electrons. The molecule has 0 saturated carbocycles. The van der Waals surface area contributed by atoms with Crippen molar-refractivity contribution in [2.75, 3.05) is 19.0 Å². The van der Waals surface area contributed by atoms with Crippen LogP contribution in [0.4, 0.5) is 5.69 Å². The lowest BCUT2D eigenvalue weighted by atomic mass is 10.1. The molecule has 0 saturated heterocycles. The Kier molecular flexibility index (Phi) is 6.16. The third kappa shape index (κ3) is 4.40. The zero-order chi connectivity index (χ0) is 25.2. The molecular weight excluding hydrogens is 458 g/mol. The van der Waals surface area contributed by atoms with Crippen molar-refractivity contribution < 1.29 is 23.5 Å². The highest BCUT2D eigenvalue weighted by Gasteiger charge is 2.22. The molecule has 0 aliphatic rings. The first-order valence-corrected chi connectivity index (χ1v) is 11.5. The number of aromatic nitrogens is 2. The van der Waals surface area contributed by atoms with Crippen LogP contribution in [0.2, 0.25) is 0 Å². The summed E-state index contributed by atoms with van der Waals surface area (Å²) in [5, 5.41) is 9.06. The highest BCUT2D eigenvalue weighted by atomic mass is 16.5. The lowest BCUT2D eigenvalue weighted by molar-refractivity contribution is -0.119. The van der Waals surface area contributed by atoms with E-state index in [0.717, 1.165) is 21.9 Å². The van der Waals surface area contributed by atoms with Gasteiger partial charge in [0.25, 0.3) is 5.91 Å². The number of amides is 1. The second-order valence-corrected chi connectivity index (χ2v) is 8.46. The van der Waals surface area contributed by atoms with Crippen molar-refractivity contribution in [1.29, 1.82) is 0 Å². The number of benzene rings is 3. The van der Waals surface area contributed by atoms with Crippen molar-refractivity contribution in [2.24, 2.45) is 0 Å². The number of esters is 1. The van der Waals surface area contributed by atoms with Crippen molar-refractivity contribution in [1.82, 2.24) is 9.78 Å². The highest BCUT2D eigenvalue weighted by Crippen LogP contribution is 2.36. The summed E-state index contributed by atoms with van der Waals surface area (Å²) in [6.07, 6.45) is 0. The fourth-order valence-electron chi connectivity index (χ4n) is 4.31. The van der Waals surface area contributed by atoms with Crippen LogP contribution >= 0.6 is 0 Å². The van der Waals surface area contributed by atoms with Gasteiger partial charge in [-0.3, -0.25) is 9.48 Å². The molecule has 0 atom stereocenters. The van der Waals surface area contributed by atoms with Gasteiger partial charge in [-0.15, -0.1) is 0 Å². The number of aryl methyl sites for hydroxylation is 1. The quantitative estimate of drug-likeness (QED) is 0.318. The molecule has 0 radical (unpaired) electrons. The van der Waals surface area contributed by atoms with Gasteiger partial charge in [-0.1, -0.05) is 48.5 Å². The Hall–Kier alpha value is -4.59. The van der Waals surface area contributed by atoms with Gasteiger partial charge in [-0.2, -0.15) is 5.10 Å². The number of rotatable bonds is 7. The molecule has 1 N–H and O–H groups in total. The molecule has 0 aliphatic carbocycles. The van der Waals surface area contributed by atoms with Crippen molar-refractivity contribution in [3.05, 3.63) is 89.2 Å². The van der Waals surface area contributed by atoms with Gasteiger partial charge in [0.1, 0.15) is 22.5 Å². The number of ether oxygens (including phenoxy) is 2. The summed E-state index contributed by atoms with van der Waals surface area (Å²) in [4.78, 5) is 25.5. The van der Waals surface area contributed by atoms with E-state index in [1.54, 1.807) is 17.7 Å². The van der Waals surface area contributed by atoms with E-state index in [-0.39, 0.29) is 0 Å². The Bertz CT molecular complexity index is 1580. The van der Waals surface area contributed by atoms with Gasteiger partial charge in [-0.25, -0.2) is 4.79 Å². The van der Waals surface area contributed by atoms with Crippen LogP contribution < -0.4 is 10.1 Å². The molecule has 36 heavy (non-hydrogen) atoms. The van der Waals surface area contributed by atoms with Gasteiger partial charge in [0.05, 0.1) is 30.7 Å². The lowest BCUT2D eigenvalue weighted by Gasteiger charge is -2.11. The number of carbonyl (C=O) groups is 2. The monoisotopic (exact) mass is 483 g/mol. The molecule has 2 heterocycles. The lowest BCUT2D eigenvalue weighted by Crippen LogP contribution is -2.21. The van der Waals surface area contributed by atoms with Crippen molar-refractivity contribution in [3.8, 4) is 5.75 Å². The van der Waals surface area contributed by atoms with Crippen LogP contribution in [0.5, 0.6) is 5.75 Å². The number of carbonyl (C=O) groups excluding carboxylic acids is 2. The van der Waals surface area contributed by atoms with Crippen molar-refractivity contribution >= 4 is 39.5 Å².